The van der Waals surface area contributed by atoms with Gasteiger partial charge in [-0.3, -0.25) is 9.69 Å². The highest BCUT2D eigenvalue weighted by Crippen LogP contribution is 2.29. The van der Waals surface area contributed by atoms with Crippen molar-refractivity contribution in [2.24, 2.45) is 11.7 Å². The molecule has 1 heterocycles. The molecule has 1 aromatic carbocycles. The monoisotopic (exact) mass is 412 g/mol. The van der Waals surface area contributed by atoms with E-state index in [1.54, 1.807) is 0 Å². The largest absolute Gasteiger partial charge is 0.369 e. The number of carbonyl (C=O) groups excluding carboxylic acids is 1. The first-order valence-electron chi connectivity index (χ1n) is 9.97. The highest BCUT2D eigenvalue weighted by Gasteiger charge is 2.23. The average Bonchev–Trinajstić information content (AvgIpc) is 2.70. The Bertz CT molecular complexity index is 626. The number of benzene rings is 1. The predicted molar refractivity (Wildman–Crippen MR) is 113 cm³/mol. The number of amides is 1. The quantitative estimate of drug-likeness (QED) is 0.752. The molecule has 1 saturated heterocycles. The number of nitrogens with zero attached hydrogens (tertiary/aromatic N) is 2. The van der Waals surface area contributed by atoms with Gasteiger partial charge in [0.25, 0.3) is 0 Å². The molecule has 3 N–H and O–H groups in total. The minimum absolute atomic E-state index is 0.0294. The van der Waals surface area contributed by atoms with E-state index in [-0.39, 0.29) is 12.5 Å². The van der Waals surface area contributed by atoms with Crippen LogP contribution < -0.4 is 16.0 Å². The molecule has 3 rings (SSSR count). The van der Waals surface area contributed by atoms with Gasteiger partial charge in [0.15, 0.2) is 0 Å². The van der Waals surface area contributed by atoms with E-state index in [9.17, 15) is 4.79 Å². The van der Waals surface area contributed by atoms with Gasteiger partial charge < -0.3 is 16.0 Å². The molecule has 0 radical (unpaired) electrons. The number of piperazine rings is 1. The van der Waals surface area contributed by atoms with Crippen molar-refractivity contribution in [1.82, 2.24) is 10.2 Å². The van der Waals surface area contributed by atoms with Crippen LogP contribution in [0.15, 0.2) is 18.2 Å². The summed E-state index contributed by atoms with van der Waals surface area (Å²) in [5.74, 6) is 0.752. The van der Waals surface area contributed by atoms with Crippen LogP contribution in [0.3, 0.4) is 0 Å². The second kappa shape index (κ2) is 9.97. The third-order valence-electron chi connectivity index (χ3n) is 5.89. The van der Waals surface area contributed by atoms with Crippen LogP contribution >= 0.6 is 23.2 Å². The summed E-state index contributed by atoms with van der Waals surface area (Å²) in [6.45, 7) is 5.48. The van der Waals surface area contributed by atoms with E-state index < -0.39 is 0 Å². The summed E-state index contributed by atoms with van der Waals surface area (Å²) >= 11 is 12.2. The fraction of sp³-hybridized carbons (Fsp3) is 0.650. The molecule has 2 aliphatic rings. The third kappa shape index (κ3) is 5.98. The second-order valence-electron chi connectivity index (χ2n) is 7.71. The molecule has 0 atom stereocenters. The molecule has 1 amide bonds. The van der Waals surface area contributed by atoms with Gasteiger partial charge in [0.1, 0.15) is 0 Å². The van der Waals surface area contributed by atoms with E-state index in [0.29, 0.717) is 16.1 Å². The number of carbonyl (C=O) groups is 1. The second-order valence-corrected chi connectivity index (χ2v) is 8.52. The highest BCUT2D eigenvalue weighted by atomic mass is 35.5. The van der Waals surface area contributed by atoms with E-state index in [0.717, 1.165) is 50.6 Å². The van der Waals surface area contributed by atoms with Crippen LogP contribution in [-0.4, -0.2) is 56.1 Å². The maximum Gasteiger partial charge on any atom is 0.233 e. The normalized spacial score (nSPS) is 24.0. The molecule has 1 aliphatic carbocycles. The van der Waals surface area contributed by atoms with Crippen LogP contribution in [-0.2, 0) is 4.79 Å². The first kappa shape index (κ1) is 20.7. The van der Waals surface area contributed by atoms with E-state index in [2.05, 4.69) is 15.1 Å². The van der Waals surface area contributed by atoms with Gasteiger partial charge in [-0.25, -0.2) is 0 Å². The highest BCUT2D eigenvalue weighted by molar-refractivity contribution is 6.42. The number of nitrogens with one attached hydrogen (secondary N) is 1. The number of rotatable bonds is 6. The minimum atomic E-state index is -0.0294. The zero-order valence-corrected chi connectivity index (χ0v) is 17.3. The van der Waals surface area contributed by atoms with Crippen molar-refractivity contribution in [3.05, 3.63) is 28.2 Å². The standard InChI is InChI=1S/C20H30Cl2N4O/c21-18-6-5-17(13-19(18)22)26-11-9-25(10-12-26)8-7-15-1-3-16(4-2-15)24-20(27)14-23/h5-6,13,15-16H,1-4,7-12,14,23H2,(H,24,27). The molecule has 2 fully saturated rings. The number of anilines is 1. The summed E-state index contributed by atoms with van der Waals surface area (Å²) in [5, 5.41) is 4.25. The smallest absolute Gasteiger partial charge is 0.233 e. The van der Waals surface area contributed by atoms with Crippen molar-refractivity contribution < 1.29 is 4.79 Å². The van der Waals surface area contributed by atoms with Gasteiger partial charge in [-0.15, -0.1) is 0 Å². The SMILES string of the molecule is NCC(=O)NC1CCC(CCN2CCN(c3ccc(Cl)c(Cl)c3)CC2)CC1. The Balaban J connectivity index is 1.35. The molecule has 5 nitrogen and oxygen atoms in total. The van der Waals surface area contributed by atoms with Crippen molar-refractivity contribution in [2.75, 3.05) is 44.2 Å². The van der Waals surface area contributed by atoms with Crippen LogP contribution in [0.25, 0.3) is 0 Å². The van der Waals surface area contributed by atoms with Crippen LogP contribution in [0.1, 0.15) is 32.1 Å². The van der Waals surface area contributed by atoms with E-state index >= 15 is 0 Å². The molecule has 1 aromatic rings. The lowest BCUT2D eigenvalue weighted by Crippen LogP contribution is -2.47. The van der Waals surface area contributed by atoms with E-state index in [1.165, 1.54) is 25.8 Å². The summed E-state index contributed by atoms with van der Waals surface area (Å²) in [7, 11) is 0. The average molecular weight is 413 g/mol. The molecular weight excluding hydrogens is 383 g/mol. The van der Waals surface area contributed by atoms with Crippen molar-refractivity contribution >= 4 is 34.8 Å². The predicted octanol–water partition coefficient (Wildman–Crippen LogP) is 3.14. The first-order chi connectivity index (χ1) is 13.0. The fourth-order valence-electron chi connectivity index (χ4n) is 4.16. The minimum Gasteiger partial charge on any atom is -0.369 e. The van der Waals surface area contributed by atoms with Gasteiger partial charge in [-0.1, -0.05) is 23.2 Å². The lowest BCUT2D eigenvalue weighted by molar-refractivity contribution is -0.120. The summed E-state index contributed by atoms with van der Waals surface area (Å²) in [6.07, 6.45) is 5.84. The van der Waals surface area contributed by atoms with Crippen molar-refractivity contribution in [3.63, 3.8) is 0 Å². The van der Waals surface area contributed by atoms with Crippen LogP contribution in [0.4, 0.5) is 5.69 Å². The van der Waals surface area contributed by atoms with Gasteiger partial charge in [0.2, 0.25) is 5.91 Å². The van der Waals surface area contributed by atoms with Crippen molar-refractivity contribution in [3.8, 4) is 0 Å². The Morgan fingerprint density at radius 2 is 1.78 bits per heavy atom. The Kier molecular flexibility index (Phi) is 7.65. The molecule has 1 saturated carbocycles. The zero-order chi connectivity index (χ0) is 19.2. The van der Waals surface area contributed by atoms with Crippen LogP contribution in [0.5, 0.6) is 0 Å². The molecule has 0 spiro atoms. The molecule has 0 bridgehead atoms. The molecule has 150 valence electrons. The molecule has 1 aliphatic heterocycles. The van der Waals surface area contributed by atoms with Gasteiger partial charge in [0, 0.05) is 37.9 Å². The molecule has 27 heavy (non-hydrogen) atoms. The Hall–Kier alpha value is -1.01. The summed E-state index contributed by atoms with van der Waals surface area (Å²) in [4.78, 5) is 16.3. The maximum atomic E-state index is 11.4. The number of nitrogens with two attached hydrogens (primary N) is 1. The molecule has 7 heteroatoms. The maximum absolute atomic E-state index is 11.4. The number of hydrogen-bond acceptors (Lipinski definition) is 4. The number of halogens is 2. The van der Waals surface area contributed by atoms with Gasteiger partial charge >= 0.3 is 0 Å². The Morgan fingerprint density at radius 3 is 2.41 bits per heavy atom. The van der Waals surface area contributed by atoms with Gasteiger partial charge in [0.05, 0.1) is 16.6 Å². The molecular formula is C20H30Cl2N4O. The molecule has 0 unspecified atom stereocenters. The zero-order valence-electron chi connectivity index (χ0n) is 15.8. The van der Waals surface area contributed by atoms with Gasteiger partial charge in [-0.05, 0) is 62.8 Å². The van der Waals surface area contributed by atoms with Crippen LogP contribution in [0.2, 0.25) is 10.0 Å². The first-order valence-corrected chi connectivity index (χ1v) is 10.7. The topological polar surface area (TPSA) is 61.6 Å². The lowest BCUT2D eigenvalue weighted by Gasteiger charge is -2.37. The van der Waals surface area contributed by atoms with Crippen molar-refractivity contribution in [1.29, 1.82) is 0 Å². The molecule has 0 aromatic heterocycles. The fourth-order valence-corrected chi connectivity index (χ4v) is 4.45. The third-order valence-corrected chi connectivity index (χ3v) is 6.63. The van der Waals surface area contributed by atoms with E-state index in [1.807, 2.05) is 18.2 Å². The Morgan fingerprint density at radius 1 is 1.07 bits per heavy atom. The van der Waals surface area contributed by atoms with Gasteiger partial charge in [-0.2, -0.15) is 0 Å². The summed E-state index contributed by atoms with van der Waals surface area (Å²) in [5.41, 5.74) is 6.53. The van der Waals surface area contributed by atoms with E-state index in [4.69, 9.17) is 28.9 Å². The lowest BCUT2D eigenvalue weighted by atomic mass is 9.84. The van der Waals surface area contributed by atoms with Crippen LogP contribution in [0, 0.1) is 5.92 Å². The summed E-state index contributed by atoms with van der Waals surface area (Å²) < 4.78 is 0. The Labute approximate surface area is 172 Å². The summed E-state index contributed by atoms with van der Waals surface area (Å²) in [6, 6.07) is 6.21. The number of hydrogen-bond donors (Lipinski definition) is 2. The van der Waals surface area contributed by atoms with Crippen molar-refractivity contribution in [2.45, 2.75) is 38.1 Å².